The molecule has 0 aliphatic carbocycles. The van der Waals surface area contributed by atoms with Crippen LogP contribution in [0.2, 0.25) is 0 Å². The van der Waals surface area contributed by atoms with E-state index in [0.717, 1.165) is 17.5 Å². The molecule has 1 unspecified atom stereocenters. The van der Waals surface area contributed by atoms with Crippen LogP contribution < -0.4 is 16.1 Å². The minimum Gasteiger partial charge on any atom is -0.352 e. The fraction of sp³-hybridized carbons (Fsp3) is 0.364. The molecule has 164 valence electrons. The van der Waals surface area contributed by atoms with E-state index in [-0.39, 0.29) is 11.8 Å². The van der Waals surface area contributed by atoms with Gasteiger partial charge in [0.15, 0.2) is 5.82 Å². The van der Waals surface area contributed by atoms with Gasteiger partial charge in [-0.3, -0.25) is 14.4 Å². The molecule has 0 spiro atoms. The van der Waals surface area contributed by atoms with Crippen LogP contribution in [0, 0.1) is 19.8 Å². The van der Waals surface area contributed by atoms with Gasteiger partial charge in [-0.2, -0.15) is 5.10 Å². The normalized spacial score (nSPS) is 11.9. The number of carbonyl (C=O) groups is 2. The lowest BCUT2D eigenvalue weighted by Gasteiger charge is -2.12. The zero-order chi connectivity index (χ0) is 22.5. The average Bonchev–Trinajstić information content (AvgIpc) is 3.11. The van der Waals surface area contributed by atoms with Gasteiger partial charge in [-0.1, -0.05) is 26.3 Å². The van der Waals surface area contributed by atoms with Gasteiger partial charge < -0.3 is 10.6 Å². The molecule has 3 N–H and O–H groups in total. The molecule has 9 nitrogen and oxygen atoms in total. The van der Waals surface area contributed by atoms with Crippen LogP contribution in [0.5, 0.6) is 0 Å². The molecule has 1 aromatic carbocycles. The van der Waals surface area contributed by atoms with Crippen LogP contribution >= 0.6 is 0 Å². The van der Waals surface area contributed by atoms with E-state index in [1.807, 2.05) is 19.9 Å². The minimum absolute atomic E-state index is 0.135. The summed E-state index contributed by atoms with van der Waals surface area (Å²) in [6.07, 6.45) is 4.13. The number of hydroxylamine groups is 1. The predicted molar refractivity (Wildman–Crippen MR) is 118 cm³/mol. The van der Waals surface area contributed by atoms with Crippen LogP contribution in [0.25, 0.3) is 5.52 Å². The SMILES string of the molecule is CCC(C)CNC(=O)c1cn2ncnc(Nc3cc(C(=O)NOC)ccc3C)c2c1C. The number of anilines is 2. The third kappa shape index (κ3) is 4.83. The first-order valence-electron chi connectivity index (χ1n) is 10.2. The van der Waals surface area contributed by atoms with Crippen molar-refractivity contribution in [3.63, 3.8) is 0 Å². The first kappa shape index (κ1) is 22.2. The number of nitrogens with zero attached hydrogens (tertiary/aromatic N) is 3. The van der Waals surface area contributed by atoms with Gasteiger partial charge >= 0.3 is 0 Å². The van der Waals surface area contributed by atoms with Gasteiger partial charge in [0.05, 0.1) is 12.7 Å². The van der Waals surface area contributed by atoms with Gasteiger partial charge in [0.1, 0.15) is 11.8 Å². The maximum Gasteiger partial charge on any atom is 0.274 e. The number of hydrogen-bond donors (Lipinski definition) is 3. The Morgan fingerprint density at radius 2 is 2.00 bits per heavy atom. The highest BCUT2D eigenvalue weighted by Crippen LogP contribution is 2.27. The summed E-state index contributed by atoms with van der Waals surface area (Å²) in [6, 6.07) is 5.27. The molecular formula is C22H28N6O3. The lowest BCUT2D eigenvalue weighted by atomic mass is 10.1. The van der Waals surface area contributed by atoms with Gasteiger partial charge in [-0.05, 0) is 43.0 Å². The number of aryl methyl sites for hydroxylation is 2. The summed E-state index contributed by atoms with van der Waals surface area (Å²) >= 11 is 0. The first-order valence-corrected chi connectivity index (χ1v) is 10.2. The third-order valence-electron chi connectivity index (χ3n) is 5.33. The van der Waals surface area contributed by atoms with E-state index >= 15 is 0 Å². The van der Waals surface area contributed by atoms with Crippen LogP contribution in [-0.4, -0.2) is 40.1 Å². The van der Waals surface area contributed by atoms with Crippen molar-refractivity contribution < 1.29 is 14.4 Å². The summed E-state index contributed by atoms with van der Waals surface area (Å²) in [6.45, 7) is 8.61. The lowest BCUT2D eigenvalue weighted by Crippen LogP contribution is -2.28. The minimum atomic E-state index is -0.350. The van der Waals surface area contributed by atoms with Crippen molar-refractivity contribution in [2.75, 3.05) is 19.0 Å². The summed E-state index contributed by atoms with van der Waals surface area (Å²) in [5, 5.41) is 10.5. The lowest BCUT2D eigenvalue weighted by molar-refractivity contribution is 0.0537. The number of amides is 2. The highest BCUT2D eigenvalue weighted by Gasteiger charge is 2.19. The fourth-order valence-corrected chi connectivity index (χ4v) is 3.16. The number of aromatic nitrogens is 3. The molecule has 1 atom stereocenters. The molecule has 2 amide bonds. The second-order valence-electron chi connectivity index (χ2n) is 7.58. The van der Waals surface area contributed by atoms with E-state index in [4.69, 9.17) is 4.84 Å². The topological polar surface area (TPSA) is 110 Å². The summed E-state index contributed by atoms with van der Waals surface area (Å²) in [4.78, 5) is 33.9. The van der Waals surface area contributed by atoms with Gasteiger partial charge in [-0.25, -0.2) is 15.0 Å². The van der Waals surface area contributed by atoms with Gasteiger partial charge in [0.2, 0.25) is 0 Å². The zero-order valence-electron chi connectivity index (χ0n) is 18.4. The van der Waals surface area contributed by atoms with E-state index in [2.05, 4.69) is 40.0 Å². The quantitative estimate of drug-likeness (QED) is 0.479. The summed E-state index contributed by atoms with van der Waals surface area (Å²) < 4.78 is 1.64. The summed E-state index contributed by atoms with van der Waals surface area (Å²) in [5.41, 5.74) is 6.42. The third-order valence-corrected chi connectivity index (χ3v) is 5.33. The Labute approximate surface area is 181 Å². The molecule has 0 saturated heterocycles. The Kier molecular flexibility index (Phi) is 6.86. The van der Waals surface area contributed by atoms with Crippen molar-refractivity contribution in [2.24, 2.45) is 5.92 Å². The predicted octanol–water partition coefficient (Wildman–Crippen LogP) is 3.16. The molecule has 0 radical (unpaired) electrons. The highest BCUT2D eigenvalue weighted by molar-refractivity contribution is 5.99. The first-order chi connectivity index (χ1) is 14.8. The van der Waals surface area contributed by atoms with Crippen LogP contribution in [0.3, 0.4) is 0 Å². The standard InChI is InChI=1S/C22H28N6O3/c1-6-13(2)10-23-22(30)17-11-28-19(15(17)4)20(24-12-25-28)26-18-9-16(8-7-14(18)3)21(29)27-31-5/h7-9,11-13H,6,10H2,1-5H3,(H,23,30)(H,27,29)(H,24,25,26). The number of rotatable bonds is 8. The molecule has 0 aliphatic rings. The van der Waals surface area contributed by atoms with E-state index < -0.39 is 0 Å². The Hall–Kier alpha value is -3.46. The molecule has 31 heavy (non-hydrogen) atoms. The molecule has 0 fully saturated rings. The van der Waals surface area contributed by atoms with Crippen LogP contribution in [0.15, 0.2) is 30.7 Å². The van der Waals surface area contributed by atoms with Crippen molar-refractivity contribution in [1.82, 2.24) is 25.4 Å². The number of nitrogens with one attached hydrogen (secondary N) is 3. The Balaban J connectivity index is 1.94. The van der Waals surface area contributed by atoms with E-state index in [1.165, 1.54) is 13.4 Å². The Bertz CT molecular complexity index is 1110. The molecule has 2 aromatic heterocycles. The Morgan fingerprint density at radius 3 is 2.71 bits per heavy atom. The van der Waals surface area contributed by atoms with Crippen LogP contribution in [0.1, 0.15) is 52.1 Å². The maximum absolute atomic E-state index is 12.7. The number of carbonyl (C=O) groups excluding carboxylic acids is 2. The molecular weight excluding hydrogens is 396 g/mol. The van der Waals surface area contributed by atoms with Crippen molar-refractivity contribution in [2.45, 2.75) is 34.1 Å². The smallest absolute Gasteiger partial charge is 0.274 e. The van der Waals surface area contributed by atoms with Crippen molar-refractivity contribution >= 4 is 28.8 Å². The fourth-order valence-electron chi connectivity index (χ4n) is 3.16. The van der Waals surface area contributed by atoms with Gasteiger partial charge in [0.25, 0.3) is 11.8 Å². The molecule has 0 aliphatic heterocycles. The largest absolute Gasteiger partial charge is 0.352 e. The monoisotopic (exact) mass is 424 g/mol. The van der Waals surface area contributed by atoms with E-state index in [9.17, 15) is 9.59 Å². The van der Waals surface area contributed by atoms with Gasteiger partial charge in [-0.15, -0.1) is 0 Å². The maximum atomic E-state index is 12.7. The average molecular weight is 425 g/mol. The zero-order valence-corrected chi connectivity index (χ0v) is 18.4. The summed E-state index contributed by atoms with van der Waals surface area (Å²) in [5.74, 6) is 0.464. The molecule has 3 aromatic rings. The number of hydrogen-bond acceptors (Lipinski definition) is 6. The molecule has 9 heteroatoms. The van der Waals surface area contributed by atoms with Crippen molar-refractivity contribution in [1.29, 1.82) is 0 Å². The van der Waals surface area contributed by atoms with Crippen LogP contribution in [-0.2, 0) is 4.84 Å². The molecule has 3 rings (SSSR count). The highest BCUT2D eigenvalue weighted by atomic mass is 16.6. The van der Waals surface area contributed by atoms with E-state index in [1.54, 1.807) is 22.8 Å². The molecule has 0 bridgehead atoms. The molecule has 2 heterocycles. The van der Waals surface area contributed by atoms with E-state index in [0.29, 0.717) is 40.6 Å². The van der Waals surface area contributed by atoms with Gasteiger partial charge in [0, 0.05) is 24.0 Å². The Morgan fingerprint density at radius 1 is 1.23 bits per heavy atom. The van der Waals surface area contributed by atoms with Crippen LogP contribution in [0.4, 0.5) is 11.5 Å². The molecule has 0 saturated carbocycles. The number of benzene rings is 1. The second-order valence-corrected chi connectivity index (χ2v) is 7.58. The summed E-state index contributed by atoms with van der Waals surface area (Å²) in [7, 11) is 1.38. The number of fused-ring (bicyclic) bond motifs is 1. The van der Waals surface area contributed by atoms with Crippen molar-refractivity contribution in [3.05, 3.63) is 53.0 Å². The van der Waals surface area contributed by atoms with Crippen molar-refractivity contribution in [3.8, 4) is 0 Å². The second kappa shape index (κ2) is 9.57.